The maximum Gasteiger partial charge on any atom is 0.289 e. The van der Waals surface area contributed by atoms with Gasteiger partial charge in [-0.05, 0) is 43.2 Å². The largest absolute Gasteiger partial charge is 0.494 e. The number of ether oxygens (including phenoxy) is 1. The molecule has 2 aromatic rings. The third-order valence-corrected chi connectivity index (χ3v) is 5.79. The average molecular weight is 382 g/mol. The summed E-state index contributed by atoms with van der Waals surface area (Å²) in [6.07, 6.45) is 2.36. The first kappa shape index (κ1) is 18.4. The van der Waals surface area contributed by atoms with Crippen molar-refractivity contribution in [1.29, 1.82) is 0 Å². The standard InChI is InChI=1S/C17H19FN2O5S/c1-24-15-5-4-13(11-14(15)18)26(22,23)19-12-6-8-20(9-7-12)17(21)16-3-2-10-25-16/h2-5,10-12,19H,6-9H2,1H3. The number of carbonyl (C=O) groups is 1. The minimum Gasteiger partial charge on any atom is -0.494 e. The Kier molecular flexibility index (Phi) is 5.28. The first-order chi connectivity index (χ1) is 12.4. The summed E-state index contributed by atoms with van der Waals surface area (Å²) in [6, 6.07) is 6.40. The second kappa shape index (κ2) is 7.46. The molecule has 0 atom stereocenters. The average Bonchev–Trinajstić information content (AvgIpc) is 3.16. The highest BCUT2D eigenvalue weighted by Gasteiger charge is 2.28. The Labute approximate surface area is 150 Å². The monoisotopic (exact) mass is 382 g/mol. The molecule has 0 bridgehead atoms. The number of carbonyl (C=O) groups excluding carboxylic acids is 1. The fourth-order valence-corrected chi connectivity index (χ4v) is 4.17. The predicted molar refractivity (Wildman–Crippen MR) is 90.9 cm³/mol. The number of halogens is 1. The molecule has 1 N–H and O–H groups in total. The van der Waals surface area contributed by atoms with E-state index in [9.17, 15) is 17.6 Å². The number of sulfonamides is 1. The summed E-state index contributed by atoms with van der Waals surface area (Å²) in [6.45, 7) is 0.813. The van der Waals surface area contributed by atoms with Crippen molar-refractivity contribution in [1.82, 2.24) is 9.62 Å². The molecule has 2 heterocycles. The summed E-state index contributed by atoms with van der Waals surface area (Å²) >= 11 is 0. The van der Waals surface area contributed by atoms with Crippen molar-refractivity contribution in [2.45, 2.75) is 23.8 Å². The smallest absolute Gasteiger partial charge is 0.289 e. The molecule has 0 unspecified atom stereocenters. The maximum atomic E-state index is 13.8. The number of nitrogens with one attached hydrogen (secondary N) is 1. The molecule has 1 fully saturated rings. The van der Waals surface area contributed by atoms with Gasteiger partial charge in [0.05, 0.1) is 18.3 Å². The van der Waals surface area contributed by atoms with E-state index in [1.165, 1.54) is 25.5 Å². The highest BCUT2D eigenvalue weighted by Crippen LogP contribution is 2.22. The lowest BCUT2D eigenvalue weighted by atomic mass is 10.1. The van der Waals surface area contributed by atoms with Crippen molar-refractivity contribution in [3.8, 4) is 5.75 Å². The van der Waals surface area contributed by atoms with Crippen LogP contribution in [0.5, 0.6) is 5.75 Å². The molecule has 1 saturated heterocycles. The summed E-state index contributed by atoms with van der Waals surface area (Å²) in [7, 11) is -2.55. The van der Waals surface area contributed by atoms with Crippen molar-refractivity contribution in [2.75, 3.05) is 20.2 Å². The van der Waals surface area contributed by atoms with E-state index in [2.05, 4.69) is 4.72 Å². The Morgan fingerprint density at radius 1 is 1.31 bits per heavy atom. The highest BCUT2D eigenvalue weighted by atomic mass is 32.2. The first-order valence-corrected chi connectivity index (χ1v) is 9.57. The van der Waals surface area contributed by atoms with Crippen LogP contribution in [0.15, 0.2) is 45.9 Å². The molecule has 7 nitrogen and oxygen atoms in total. The molecular weight excluding hydrogens is 363 g/mol. The third kappa shape index (κ3) is 3.88. The molecule has 1 aliphatic heterocycles. The number of likely N-dealkylation sites (tertiary alicyclic amines) is 1. The van der Waals surface area contributed by atoms with E-state index in [0.29, 0.717) is 25.9 Å². The normalized spacial score (nSPS) is 15.8. The molecule has 1 amide bonds. The molecule has 3 rings (SSSR count). The van der Waals surface area contributed by atoms with E-state index in [0.717, 1.165) is 6.07 Å². The number of amides is 1. The van der Waals surface area contributed by atoms with Gasteiger partial charge in [0, 0.05) is 19.1 Å². The maximum absolute atomic E-state index is 13.8. The lowest BCUT2D eigenvalue weighted by molar-refractivity contribution is 0.0679. The molecule has 0 radical (unpaired) electrons. The van der Waals surface area contributed by atoms with Crippen LogP contribution in [0.1, 0.15) is 23.4 Å². The van der Waals surface area contributed by atoms with E-state index in [-0.39, 0.29) is 28.4 Å². The van der Waals surface area contributed by atoms with Crippen molar-refractivity contribution < 1.29 is 26.8 Å². The van der Waals surface area contributed by atoms with Gasteiger partial charge in [0.15, 0.2) is 17.3 Å². The van der Waals surface area contributed by atoms with Crippen molar-refractivity contribution in [3.63, 3.8) is 0 Å². The minimum atomic E-state index is -3.86. The van der Waals surface area contributed by atoms with E-state index >= 15 is 0 Å². The number of furan rings is 1. The molecule has 0 spiro atoms. The number of piperidine rings is 1. The Morgan fingerprint density at radius 2 is 2.04 bits per heavy atom. The second-order valence-corrected chi connectivity index (χ2v) is 7.68. The SMILES string of the molecule is COc1ccc(S(=O)(=O)NC2CCN(C(=O)c3ccco3)CC2)cc1F. The van der Waals surface area contributed by atoms with Crippen LogP contribution in [-0.4, -0.2) is 45.5 Å². The van der Waals surface area contributed by atoms with E-state index in [1.807, 2.05) is 0 Å². The zero-order valence-corrected chi connectivity index (χ0v) is 15.0. The summed E-state index contributed by atoms with van der Waals surface area (Å²) in [5, 5.41) is 0. The van der Waals surface area contributed by atoms with E-state index in [1.54, 1.807) is 17.0 Å². The van der Waals surface area contributed by atoms with Crippen molar-refractivity contribution in [2.24, 2.45) is 0 Å². The summed E-state index contributed by atoms with van der Waals surface area (Å²) in [5.41, 5.74) is 0. The van der Waals surface area contributed by atoms with Crippen LogP contribution in [0, 0.1) is 5.82 Å². The van der Waals surface area contributed by atoms with Gasteiger partial charge in [0.1, 0.15) is 0 Å². The zero-order chi connectivity index (χ0) is 18.7. The van der Waals surface area contributed by atoms with Gasteiger partial charge in [-0.3, -0.25) is 4.79 Å². The quantitative estimate of drug-likeness (QED) is 0.855. The van der Waals surface area contributed by atoms with Crippen LogP contribution >= 0.6 is 0 Å². The van der Waals surface area contributed by atoms with Crippen LogP contribution in [0.3, 0.4) is 0 Å². The number of benzene rings is 1. The van der Waals surface area contributed by atoms with Gasteiger partial charge in [-0.2, -0.15) is 0 Å². The fraction of sp³-hybridized carbons (Fsp3) is 0.353. The number of hydrogen-bond acceptors (Lipinski definition) is 5. The molecule has 9 heteroatoms. The van der Waals surface area contributed by atoms with Crippen LogP contribution in [0.2, 0.25) is 0 Å². The molecular formula is C17H19FN2O5S. The highest BCUT2D eigenvalue weighted by molar-refractivity contribution is 7.89. The predicted octanol–water partition coefficient (Wildman–Crippen LogP) is 2.01. The number of methoxy groups -OCH3 is 1. The van der Waals surface area contributed by atoms with E-state index in [4.69, 9.17) is 9.15 Å². The van der Waals surface area contributed by atoms with Crippen molar-refractivity contribution >= 4 is 15.9 Å². The van der Waals surface area contributed by atoms with Crippen molar-refractivity contribution in [3.05, 3.63) is 48.2 Å². The van der Waals surface area contributed by atoms with Gasteiger partial charge in [0.2, 0.25) is 10.0 Å². The van der Waals surface area contributed by atoms with Gasteiger partial charge in [-0.1, -0.05) is 0 Å². The molecule has 26 heavy (non-hydrogen) atoms. The van der Waals surface area contributed by atoms with Gasteiger partial charge >= 0.3 is 0 Å². The Balaban J connectivity index is 1.61. The molecule has 140 valence electrons. The van der Waals surface area contributed by atoms with Gasteiger partial charge in [0.25, 0.3) is 5.91 Å². The Hall–Kier alpha value is -2.39. The Morgan fingerprint density at radius 3 is 2.62 bits per heavy atom. The number of rotatable bonds is 5. The first-order valence-electron chi connectivity index (χ1n) is 8.09. The zero-order valence-electron chi connectivity index (χ0n) is 14.1. The van der Waals surface area contributed by atoms with E-state index < -0.39 is 15.8 Å². The van der Waals surface area contributed by atoms with Gasteiger partial charge < -0.3 is 14.1 Å². The second-order valence-electron chi connectivity index (χ2n) is 5.96. The van der Waals surface area contributed by atoms with Gasteiger partial charge in [-0.15, -0.1) is 0 Å². The van der Waals surface area contributed by atoms with Crippen LogP contribution in [0.25, 0.3) is 0 Å². The lowest BCUT2D eigenvalue weighted by Gasteiger charge is -2.31. The molecule has 0 saturated carbocycles. The minimum absolute atomic E-state index is 0.0197. The lowest BCUT2D eigenvalue weighted by Crippen LogP contribution is -2.46. The van der Waals surface area contributed by atoms with Crippen LogP contribution in [0.4, 0.5) is 4.39 Å². The molecule has 1 aromatic heterocycles. The summed E-state index contributed by atoms with van der Waals surface area (Å²) in [5.74, 6) is -0.714. The third-order valence-electron chi connectivity index (χ3n) is 4.27. The van der Waals surface area contributed by atoms with Gasteiger partial charge in [-0.25, -0.2) is 17.5 Å². The Bertz CT molecular complexity index is 875. The molecule has 1 aliphatic rings. The summed E-state index contributed by atoms with van der Waals surface area (Å²) in [4.78, 5) is 13.7. The number of hydrogen-bond donors (Lipinski definition) is 1. The topological polar surface area (TPSA) is 88.9 Å². The fourth-order valence-electron chi connectivity index (χ4n) is 2.86. The molecule has 1 aromatic carbocycles. The van der Waals surface area contributed by atoms with Crippen LogP contribution in [-0.2, 0) is 10.0 Å². The number of nitrogens with zero attached hydrogens (tertiary/aromatic N) is 1. The molecule has 0 aliphatic carbocycles. The van der Waals surface area contributed by atoms with Crippen LogP contribution < -0.4 is 9.46 Å². The summed E-state index contributed by atoms with van der Waals surface area (Å²) < 4.78 is 51.1.